The standard InChI is InChI=1S/C49H90N2O4/c1-7-9-11-13-15-17-19-21-23-25-27-29-31-33-35-37-43-54-47(52)39-41-51(46-49(3,4)45-50(5)6)42-40-48(53)55-44-38-36-34-32-30-28-26-24-22-20-18-16-14-12-10-8-2/h15-18,21-24H,7-14,19-20,25-46H2,1-6H3/b17-15-,18-16-,23-21-,24-22-. The highest BCUT2D eigenvalue weighted by molar-refractivity contribution is 5.70. The number of rotatable bonds is 40. The van der Waals surface area contributed by atoms with E-state index in [1.807, 2.05) is 0 Å². The number of hydrogen-bond acceptors (Lipinski definition) is 6. The number of carbonyl (C=O) groups is 2. The Morgan fingerprint density at radius 2 is 0.818 bits per heavy atom. The second-order valence-corrected chi connectivity index (χ2v) is 16.8. The smallest absolute Gasteiger partial charge is 0.307 e. The zero-order valence-corrected chi connectivity index (χ0v) is 37.3. The quantitative estimate of drug-likeness (QED) is 0.0351. The summed E-state index contributed by atoms with van der Waals surface area (Å²) in [6, 6.07) is 0. The highest BCUT2D eigenvalue weighted by Gasteiger charge is 2.24. The molecule has 320 valence electrons. The van der Waals surface area contributed by atoms with Crippen LogP contribution in [0.15, 0.2) is 48.6 Å². The average Bonchev–Trinajstić information content (AvgIpc) is 3.14. The fourth-order valence-corrected chi connectivity index (χ4v) is 6.98. The largest absolute Gasteiger partial charge is 0.466 e. The molecule has 0 saturated carbocycles. The zero-order chi connectivity index (χ0) is 40.5. The van der Waals surface area contributed by atoms with E-state index in [0.29, 0.717) is 39.1 Å². The third-order valence-corrected chi connectivity index (χ3v) is 9.88. The molecule has 0 fully saturated rings. The van der Waals surface area contributed by atoms with E-state index in [4.69, 9.17) is 9.47 Å². The molecule has 0 atom stereocenters. The molecule has 0 bridgehead atoms. The summed E-state index contributed by atoms with van der Waals surface area (Å²) in [4.78, 5) is 29.7. The first-order valence-electron chi connectivity index (χ1n) is 23.0. The van der Waals surface area contributed by atoms with Crippen LogP contribution < -0.4 is 0 Å². The molecule has 6 heteroatoms. The molecule has 0 amide bonds. The number of esters is 2. The number of ether oxygens (including phenoxy) is 2. The zero-order valence-electron chi connectivity index (χ0n) is 37.3. The van der Waals surface area contributed by atoms with Crippen LogP contribution in [0.5, 0.6) is 0 Å². The van der Waals surface area contributed by atoms with E-state index in [1.54, 1.807) is 0 Å². The Morgan fingerprint density at radius 1 is 0.473 bits per heavy atom. The summed E-state index contributed by atoms with van der Waals surface area (Å²) in [5.74, 6) is -0.282. The summed E-state index contributed by atoms with van der Waals surface area (Å²) in [5, 5.41) is 0. The number of carbonyl (C=O) groups excluding carboxylic acids is 2. The third kappa shape index (κ3) is 41.3. The molecule has 0 aliphatic rings. The normalized spacial score (nSPS) is 12.5. The van der Waals surface area contributed by atoms with Crippen LogP contribution in [-0.2, 0) is 19.1 Å². The Morgan fingerprint density at radius 3 is 1.18 bits per heavy atom. The van der Waals surface area contributed by atoms with E-state index in [-0.39, 0.29) is 17.4 Å². The monoisotopic (exact) mass is 771 g/mol. The lowest BCUT2D eigenvalue weighted by Gasteiger charge is -2.34. The number of unbranched alkanes of at least 4 members (excludes halogenated alkanes) is 18. The predicted octanol–water partition coefficient (Wildman–Crippen LogP) is 13.4. The SMILES string of the molecule is CCCCC/C=C\C/C=C\CCCCCCCCOC(=O)CCN(CCC(=O)OCCCCCCCC/C=C\C/C=C\CCCCC)CC(C)(C)CN(C)C. The minimum Gasteiger partial charge on any atom is -0.466 e. The van der Waals surface area contributed by atoms with Gasteiger partial charge in [0.2, 0.25) is 0 Å². The van der Waals surface area contributed by atoms with Gasteiger partial charge in [-0.15, -0.1) is 0 Å². The van der Waals surface area contributed by atoms with Crippen LogP contribution in [0.4, 0.5) is 0 Å². The van der Waals surface area contributed by atoms with Crippen molar-refractivity contribution < 1.29 is 19.1 Å². The Labute approximate surface area is 342 Å². The van der Waals surface area contributed by atoms with Crippen molar-refractivity contribution in [2.24, 2.45) is 5.41 Å². The molecule has 0 saturated heterocycles. The van der Waals surface area contributed by atoms with E-state index in [9.17, 15) is 9.59 Å². The molecule has 6 nitrogen and oxygen atoms in total. The second-order valence-electron chi connectivity index (χ2n) is 16.8. The molecule has 0 aliphatic carbocycles. The van der Waals surface area contributed by atoms with Gasteiger partial charge >= 0.3 is 11.9 Å². The highest BCUT2D eigenvalue weighted by atomic mass is 16.5. The molecule has 0 aliphatic heterocycles. The lowest BCUT2D eigenvalue weighted by molar-refractivity contribution is -0.144. The Kier molecular flexibility index (Phi) is 38.4. The lowest BCUT2D eigenvalue weighted by Crippen LogP contribution is -2.42. The van der Waals surface area contributed by atoms with Crippen molar-refractivity contribution in [3.63, 3.8) is 0 Å². The maximum absolute atomic E-state index is 12.6. The molecule has 0 aromatic carbocycles. The summed E-state index contributed by atoms with van der Waals surface area (Å²) < 4.78 is 11.2. The molecule has 0 radical (unpaired) electrons. The first-order chi connectivity index (χ1) is 26.7. The molecule has 0 unspecified atom stereocenters. The predicted molar refractivity (Wildman–Crippen MR) is 239 cm³/mol. The van der Waals surface area contributed by atoms with Gasteiger partial charge in [-0.25, -0.2) is 0 Å². The Hall–Kier alpha value is -2.18. The van der Waals surface area contributed by atoms with Gasteiger partial charge in [0, 0.05) is 26.2 Å². The van der Waals surface area contributed by atoms with Crippen molar-refractivity contribution in [3.8, 4) is 0 Å². The van der Waals surface area contributed by atoms with Gasteiger partial charge in [-0.05, 0) is 96.6 Å². The van der Waals surface area contributed by atoms with E-state index in [1.165, 1.54) is 116 Å². The molecule has 0 aromatic heterocycles. The first-order valence-corrected chi connectivity index (χ1v) is 23.0. The molecule has 0 heterocycles. The number of hydrogen-bond donors (Lipinski definition) is 0. The maximum Gasteiger partial charge on any atom is 0.307 e. The molecule has 55 heavy (non-hydrogen) atoms. The van der Waals surface area contributed by atoms with Gasteiger partial charge in [-0.3, -0.25) is 9.59 Å². The summed E-state index contributed by atoms with van der Waals surface area (Å²) in [7, 11) is 4.17. The van der Waals surface area contributed by atoms with Crippen molar-refractivity contribution in [1.29, 1.82) is 0 Å². The van der Waals surface area contributed by atoms with Gasteiger partial charge in [-0.1, -0.05) is 153 Å². The van der Waals surface area contributed by atoms with E-state index < -0.39 is 0 Å². The van der Waals surface area contributed by atoms with Crippen molar-refractivity contribution >= 4 is 11.9 Å². The molecule has 0 spiro atoms. The highest BCUT2D eigenvalue weighted by Crippen LogP contribution is 2.19. The average molecular weight is 771 g/mol. The molecule has 0 aromatic rings. The van der Waals surface area contributed by atoms with Crippen LogP contribution in [0.2, 0.25) is 0 Å². The third-order valence-electron chi connectivity index (χ3n) is 9.88. The Balaban J connectivity index is 4.11. The van der Waals surface area contributed by atoms with Crippen molar-refractivity contribution in [2.75, 3.05) is 53.5 Å². The van der Waals surface area contributed by atoms with E-state index in [0.717, 1.165) is 51.6 Å². The second kappa shape index (κ2) is 40.0. The first kappa shape index (κ1) is 52.8. The van der Waals surface area contributed by atoms with E-state index >= 15 is 0 Å². The van der Waals surface area contributed by atoms with Crippen LogP contribution in [0.3, 0.4) is 0 Å². The maximum atomic E-state index is 12.6. The summed E-state index contributed by atoms with van der Waals surface area (Å²) in [6.45, 7) is 12.9. The summed E-state index contributed by atoms with van der Waals surface area (Å²) >= 11 is 0. The van der Waals surface area contributed by atoms with Gasteiger partial charge in [-0.2, -0.15) is 0 Å². The van der Waals surface area contributed by atoms with Gasteiger partial charge in [0.15, 0.2) is 0 Å². The van der Waals surface area contributed by atoms with Gasteiger partial charge in [0.05, 0.1) is 26.1 Å². The van der Waals surface area contributed by atoms with E-state index in [2.05, 4.69) is 100 Å². The van der Waals surface area contributed by atoms with Gasteiger partial charge < -0.3 is 19.3 Å². The minimum atomic E-state index is -0.141. The lowest BCUT2D eigenvalue weighted by atomic mass is 9.92. The molecule has 0 rings (SSSR count). The number of allylic oxidation sites excluding steroid dienone is 8. The van der Waals surface area contributed by atoms with Crippen molar-refractivity contribution in [1.82, 2.24) is 9.80 Å². The summed E-state index contributed by atoms with van der Waals surface area (Å²) in [5.41, 5.74) is 0.0275. The molecule has 0 N–H and O–H groups in total. The molecular formula is C49H90N2O4. The fourth-order valence-electron chi connectivity index (χ4n) is 6.98. The molecular weight excluding hydrogens is 681 g/mol. The topological polar surface area (TPSA) is 59.1 Å². The Bertz CT molecular complexity index is 917. The summed E-state index contributed by atoms with van der Waals surface area (Å²) in [6.07, 6.45) is 47.9. The van der Waals surface area contributed by atoms with Crippen LogP contribution in [0.25, 0.3) is 0 Å². The van der Waals surface area contributed by atoms with Gasteiger partial charge in [0.1, 0.15) is 0 Å². The van der Waals surface area contributed by atoms with Crippen molar-refractivity contribution in [3.05, 3.63) is 48.6 Å². The minimum absolute atomic E-state index is 0.0275. The van der Waals surface area contributed by atoms with Crippen LogP contribution >= 0.6 is 0 Å². The van der Waals surface area contributed by atoms with Crippen LogP contribution in [0.1, 0.15) is 195 Å². The van der Waals surface area contributed by atoms with Crippen LogP contribution in [0, 0.1) is 5.41 Å². The van der Waals surface area contributed by atoms with Crippen molar-refractivity contribution in [2.45, 2.75) is 195 Å². The van der Waals surface area contributed by atoms with Gasteiger partial charge in [0.25, 0.3) is 0 Å². The number of nitrogens with zero attached hydrogens (tertiary/aromatic N) is 2. The van der Waals surface area contributed by atoms with Crippen LogP contribution in [-0.4, -0.2) is 75.2 Å². The fraction of sp³-hybridized carbons (Fsp3) is 0.796.